The number of anilines is 1. The molecule has 2 aromatic heterocycles. The molecule has 0 radical (unpaired) electrons. The summed E-state index contributed by atoms with van der Waals surface area (Å²) in [6, 6.07) is 0. The molecule has 54 heavy (non-hydrogen) atoms. The van der Waals surface area contributed by atoms with Gasteiger partial charge in [-0.1, -0.05) is 82.1 Å². The number of nitrogens with zero attached hydrogens (tertiary/aromatic N) is 4. The van der Waals surface area contributed by atoms with Gasteiger partial charge in [-0.15, -0.1) is 0 Å². The van der Waals surface area contributed by atoms with E-state index in [1.807, 2.05) is 0 Å². The molecular formula is C39H73BN7O6P. The molecule has 0 aromatic carbocycles. The number of hydrogen-bond acceptors (Lipinski definition) is 11. The predicted molar refractivity (Wildman–Crippen MR) is 221 cm³/mol. The standard InChI is InChI=1S/C39H73BN7O6P/c1-12-23(3)25(5)27(7)29(9)39(11,30(10)28(8)26(6)24(4)13-2)46-19-17-15-14-16-18-42-38(48)52-34-33-31(20-50-54(40,49)53-33)51-37(34)47-22-45-32-35(41)43-21-44-36(32)47/h21-31,33-34,37,46,49,54H,12-20,40H2,1-11H3,(H,42,48)(H2,41,43,44)/t23?,24?,25?,26?,27?,28?,29?,30?,31-,33+,34?,37-,39?/m1/s1. The molecule has 0 spiro atoms. The SMILES string of the molecule is B[PH]1(O)OC[C@H]2O[C@@H](n3cnc4c(N)ncnc43)C(OC(=O)NCCCCCCNC(C)(C(C)C(C)C(C)C(C)CC)C(C)C(C)C(C)C(C)CC)[C@H]2O1. The molecule has 2 saturated heterocycles. The molecule has 2 aliphatic rings. The summed E-state index contributed by atoms with van der Waals surface area (Å²) in [6.07, 6.45) is 5.70. The average molecular weight is 778 g/mol. The van der Waals surface area contributed by atoms with Gasteiger partial charge in [0.05, 0.1) is 0 Å². The Bertz CT molecular complexity index is 1460. The molecule has 0 saturated carbocycles. The number of nitrogens with one attached hydrogen (secondary N) is 2. The van der Waals surface area contributed by atoms with Gasteiger partial charge in [-0.2, -0.15) is 0 Å². The van der Waals surface area contributed by atoms with E-state index in [1.165, 1.54) is 33.1 Å². The molecule has 0 bridgehead atoms. The first-order chi connectivity index (χ1) is 25.5. The molecule has 2 aromatic rings. The second kappa shape index (κ2) is 19.4. The number of ether oxygens (including phenoxy) is 2. The number of hydrogen-bond donors (Lipinski definition) is 4. The summed E-state index contributed by atoms with van der Waals surface area (Å²) in [6.45, 7) is 28.3. The van der Waals surface area contributed by atoms with Crippen LogP contribution in [0.15, 0.2) is 12.7 Å². The molecule has 9 unspecified atom stereocenters. The fourth-order valence-electron chi connectivity index (χ4n) is 8.75. The van der Waals surface area contributed by atoms with E-state index in [9.17, 15) is 9.69 Å². The summed E-state index contributed by atoms with van der Waals surface area (Å²) < 4.78 is 25.3. The van der Waals surface area contributed by atoms with Crippen molar-refractivity contribution in [3.8, 4) is 0 Å². The van der Waals surface area contributed by atoms with Crippen molar-refractivity contribution in [1.29, 1.82) is 0 Å². The molecule has 1 amide bonds. The zero-order valence-corrected chi connectivity index (χ0v) is 36.3. The van der Waals surface area contributed by atoms with Gasteiger partial charge in [0.2, 0.25) is 0 Å². The monoisotopic (exact) mass is 778 g/mol. The third-order valence-corrected chi connectivity index (χ3v) is 15.6. The summed E-state index contributed by atoms with van der Waals surface area (Å²) >= 11 is 0. The van der Waals surface area contributed by atoms with Crippen LogP contribution in [0.1, 0.15) is 121 Å². The van der Waals surface area contributed by atoms with Crippen LogP contribution in [0.2, 0.25) is 0 Å². The molecule has 4 heterocycles. The minimum atomic E-state index is -3.42. The first-order valence-electron chi connectivity index (χ1n) is 20.8. The van der Waals surface area contributed by atoms with Gasteiger partial charge in [0, 0.05) is 5.54 Å². The Morgan fingerprint density at radius 2 is 1.57 bits per heavy atom. The molecule has 0 aliphatic carbocycles. The quantitative estimate of drug-likeness (QED) is 0.0644. The van der Waals surface area contributed by atoms with E-state index in [1.54, 1.807) is 4.57 Å². The Balaban J connectivity index is 1.30. The van der Waals surface area contributed by atoms with Crippen molar-refractivity contribution in [3.63, 3.8) is 0 Å². The van der Waals surface area contributed by atoms with E-state index in [2.05, 4.69) is 102 Å². The number of unbranched alkanes of at least 4 members (excludes halogenated alkanes) is 3. The topological polar surface area (TPSA) is 168 Å². The Morgan fingerprint density at radius 1 is 0.981 bits per heavy atom. The Morgan fingerprint density at radius 3 is 2.17 bits per heavy atom. The number of carbonyl (C=O) groups excluding carboxylic acids is 1. The molecule has 308 valence electrons. The van der Waals surface area contributed by atoms with Crippen LogP contribution in [0.4, 0.5) is 10.6 Å². The fraction of sp³-hybridized carbons (Fsp3) is 0.846. The number of nitrogens with two attached hydrogens (primary N) is 1. The van der Waals surface area contributed by atoms with Crippen LogP contribution in [-0.2, 0) is 18.5 Å². The maximum atomic E-state index is 13.2. The molecule has 2 fully saturated rings. The van der Waals surface area contributed by atoms with Crippen molar-refractivity contribution >= 4 is 38.5 Å². The van der Waals surface area contributed by atoms with Crippen molar-refractivity contribution in [1.82, 2.24) is 30.2 Å². The summed E-state index contributed by atoms with van der Waals surface area (Å²) in [4.78, 5) is 36.5. The van der Waals surface area contributed by atoms with Gasteiger partial charge in [-0.3, -0.25) is 0 Å². The van der Waals surface area contributed by atoms with Gasteiger partial charge in [0.1, 0.15) is 0 Å². The first kappa shape index (κ1) is 44.6. The number of imidazole rings is 1. The molecular weight excluding hydrogens is 704 g/mol. The number of rotatable bonds is 20. The molecule has 13 nitrogen and oxygen atoms in total. The normalized spacial score (nSPS) is 27.4. The predicted octanol–water partition coefficient (Wildman–Crippen LogP) is 6.67. The second-order valence-electron chi connectivity index (χ2n) is 17.1. The van der Waals surface area contributed by atoms with E-state index >= 15 is 0 Å². The van der Waals surface area contributed by atoms with Crippen LogP contribution in [0.5, 0.6) is 0 Å². The van der Waals surface area contributed by atoms with Gasteiger partial charge in [0.25, 0.3) is 0 Å². The minimum absolute atomic E-state index is 0.0150. The van der Waals surface area contributed by atoms with Crippen molar-refractivity contribution < 1.29 is 28.2 Å². The van der Waals surface area contributed by atoms with E-state index in [-0.39, 0.29) is 18.0 Å². The maximum absolute atomic E-state index is 13.2. The van der Waals surface area contributed by atoms with Gasteiger partial charge >= 0.3 is 180 Å². The van der Waals surface area contributed by atoms with Gasteiger partial charge in [-0.05, 0) is 54.3 Å². The Kier molecular flexibility index (Phi) is 16.0. The Labute approximate surface area is 326 Å². The first-order valence-corrected chi connectivity index (χ1v) is 23.1. The van der Waals surface area contributed by atoms with Crippen LogP contribution in [-0.4, -0.2) is 81.6 Å². The third kappa shape index (κ3) is 10.3. The van der Waals surface area contributed by atoms with E-state index < -0.39 is 38.5 Å². The Hall–Kier alpha value is -2.09. The fourth-order valence-corrected chi connectivity index (χ4v) is 10.1. The van der Waals surface area contributed by atoms with Gasteiger partial charge in [0.15, 0.2) is 0 Å². The van der Waals surface area contributed by atoms with Crippen LogP contribution in [0.25, 0.3) is 11.2 Å². The number of alkyl carbamates (subject to hydrolysis) is 1. The zero-order valence-electron chi connectivity index (χ0n) is 35.3. The van der Waals surface area contributed by atoms with Crippen LogP contribution in [0.3, 0.4) is 0 Å². The van der Waals surface area contributed by atoms with E-state index in [0.717, 1.165) is 32.2 Å². The summed E-state index contributed by atoms with van der Waals surface area (Å²) in [5, 5.41) is 7.05. The van der Waals surface area contributed by atoms with Crippen LogP contribution in [0, 0.1) is 47.3 Å². The summed E-state index contributed by atoms with van der Waals surface area (Å²) in [5.41, 5.74) is 6.88. The van der Waals surface area contributed by atoms with E-state index in [4.69, 9.17) is 24.3 Å². The molecule has 2 aliphatic heterocycles. The second-order valence-corrected chi connectivity index (χ2v) is 19.5. The number of amides is 1. The zero-order chi connectivity index (χ0) is 40.0. The molecule has 4 rings (SSSR count). The number of fused-ring (bicyclic) bond motifs is 2. The summed E-state index contributed by atoms with van der Waals surface area (Å²) in [7, 11) is -1.88. The molecule has 12 atom stereocenters. The third-order valence-electron chi connectivity index (χ3n) is 14.1. The van der Waals surface area contributed by atoms with Crippen molar-refractivity contribution in [2.24, 2.45) is 47.3 Å². The molecule has 5 N–H and O–H groups in total. The van der Waals surface area contributed by atoms with Crippen LogP contribution >= 0.6 is 7.82 Å². The average Bonchev–Trinajstić information content (AvgIpc) is 3.74. The van der Waals surface area contributed by atoms with E-state index in [0.29, 0.717) is 65.1 Å². The molecule has 15 heteroatoms. The number of carbonyl (C=O) groups is 1. The van der Waals surface area contributed by atoms with Gasteiger partial charge in [-0.25, -0.2) is 0 Å². The van der Waals surface area contributed by atoms with Crippen LogP contribution < -0.4 is 16.4 Å². The summed E-state index contributed by atoms with van der Waals surface area (Å²) in [5.74, 6) is 5.22. The van der Waals surface area contributed by atoms with Crippen molar-refractivity contribution in [3.05, 3.63) is 12.7 Å². The number of nitrogen functional groups attached to an aromatic ring is 1. The van der Waals surface area contributed by atoms with Crippen molar-refractivity contribution in [2.75, 3.05) is 25.4 Å². The number of aromatic nitrogens is 4. The van der Waals surface area contributed by atoms with Gasteiger partial charge < -0.3 is 5.32 Å². The van der Waals surface area contributed by atoms with Crippen molar-refractivity contribution in [2.45, 2.75) is 145 Å².